The molecule has 0 radical (unpaired) electrons. The average Bonchev–Trinajstić information content (AvgIpc) is 3.62. The van der Waals surface area contributed by atoms with Crippen molar-refractivity contribution in [1.29, 1.82) is 0 Å². The first-order valence-electron chi connectivity index (χ1n) is 11.9. The lowest BCUT2D eigenvalue weighted by Gasteiger charge is -2.40. The highest BCUT2D eigenvalue weighted by Crippen LogP contribution is 2.56. The van der Waals surface area contributed by atoms with Gasteiger partial charge in [-0.15, -0.1) is 0 Å². The highest BCUT2D eigenvalue weighted by atomic mass is 16.7. The molecular weight excluding hydrogens is 428 g/mol. The maximum atomic E-state index is 6.51. The lowest BCUT2D eigenvalue weighted by molar-refractivity contribution is -0.290. The van der Waals surface area contributed by atoms with Crippen LogP contribution in [0.4, 0.5) is 0 Å². The largest absolute Gasteiger partial charge is 0.374 e. The molecule has 5 nitrogen and oxygen atoms in total. The molecule has 0 spiro atoms. The maximum Gasteiger partial charge on any atom is 0.186 e. The molecule has 0 N–H and O–H groups in total. The molecule has 0 bridgehead atoms. The molecule has 1 heterocycles. The van der Waals surface area contributed by atoms with Gasteiger partial charge in [0.15, 0.2) is 6.29 Å². The normalized spacial score (nSPS) is 27.8. The molecule has 3 aromatic rings. The summed E-state index contributed by atoms with van der Waals surface area (Å²) in [6, 6.07) is 30.6. The van der Waals surface area contributed by atoms with Gasteiger partial charge in [-0.3, -0.25) is 0 Å². The topological polar surface area (TPSA) is 46.2 Å². The van der Waals surface area contributed by atoms with Gasteiger partial charge in [0.05, 0.1) is 32.5 Å². The third kappa shape index (κ3) is 5.40. The number of fused-ring (bicyclic) bond motifs is 1. The SMILES string of the molecule is CO[C@H]1O[C@]2(COCc3ccccc3)C[C@@H]2[C@H](OCc2ccccc2)[C@H]1OCc1ccccc1. The fourth-order valence-electron chi connectivity index (χ4n) is 4.76. The molecule has 1 saturated carbocycles. The van der Waals surface area contributed by atoms with Crippen molar-refractivity contribution in [2.24, 2.45) is 5.92 Å². The molecule has 1 aliphatic carbocycles. The number of hydrogen-bond acceptors (Lipinski definition) is 5. The van der Waals surface area contributed by atoms with Gasteiger partial charge in [-0.25, -0.2) is 0 Å². The van der Waals surface area contributed by atoms with Gasteiger partial charge >= 0.3 is 0 Å². The van der Waals surface area contributed by atoms with Gasteiger partial charge in [-0.05, 0) is 23.1 Å². The van der Waals surface area contributed by atoms with E-state index >= 15 is 0 Å². The van der Waals surface area contributed by atoms with Crippen LogP contribution in [0.5, 0.6) is 0 Å². The molecular formula is C29H32O5. The Morgan fingerprint density at radius 2 is 1.21 bits per heavy atom. The van der Waals surface area contributed by atoms with Crippen LogP contribution in [0.1, 0.15) is 23.1 Å². The molecule has 1 aliphatic heterocycles. The van der Waals surface area contributed by atoms with Crippen LogP contribution in [-0.2, 0) is 43.5 Å². The number of methoxy groups -OCH3 is 1. The Hall–Kier alpha value is -2.54. The van der Waals surface area contributed by atoms with Crippen molar-refractivity contribution < 1.29 is 23.7 Å². The van der Waals surface area contributed by atoms with Crippen molar-refractivity contribution in [3.8, 4) is 0 Å². The Labute approximate surface area is 201 Å². The van der Waals surface area contributed by atoms with Crippen LogP contribution in [0, 0.1) is 5.92 Å². The summed E-state index contributed by atoms with van der Waals surface area (Å²) in [4.78, 5) is 0. The van der Waals surface area contributed by atoms with Gasteiger partial charge < -0.3 is 23.7 Å². The van der Waals surface area contributed by atoms with Crippen LogP contribution < -0.4 is 0 Å². The van der Waals surface area contributed by atoms with Crippen LogP contribution in [-0.4, -0.2) is 37.8 Å². The fourth-order valence-corrected chi connectivity index (χ4v) is 4.76. The molecule has 2 fully saturated rings. The van der Waals surface area contributed by atoms with Gasteiger partial charge in [0.25, 0.3) is 0 Å². The second kappa shape index (κ2) is 10.8. The molecule has 0 aromatic heterocycles. The predicted molar refractivity (Wildman–Crippen MR) is 129 cm³/mol. The fraction of sp³-hybridized carbons (Fsp3) is 0.379. The number of rotatable bonds is 11. The number of hydrogen-bond donors (Lipinski definition) is 0. The van der Waals surface area contributed by atoms with E-state index in [4.69, 9.17) is 23.7 Å². The zero-order valence-corrected chi connectivity index (χ0v) is 19.5. The van der Waals surface area contributed by atoms with Gasteiger partial charge in [0.2, 0.25) is 0 Å². The molecule has 0 unspecified atom stereocenters. The van der Waals surface area contributed by atoms with Crippen LogP contribution in [0.2, 0.25) is 0 Å². The molecule has 5 rings (SSSR count). The molecule has 3 aromatic carbocycles. The smallest absolute Gasteiger partial charge is 0.186 e. The molecule has 0 amide bonds. The van der Waals surface area contributed by atoms with Gasteiger partial charge in [0.1, 0.15) is 11.7 Å². The summed E-state index contributed by atoms with van der Waals surface area (Å²) in [7, 11) is 1.67. The molecule has 2 aliphatic rings. The molecule has 1 saturated heterocycles. The minimum atomic E-state index is -0.524. The average molecular weight is 461 g/mol. The summed E-state index contributed by atoms with van der Waals surface area (Å²) < 4.78 is 31.2. The lowest BCUT2D eigenvalue weighted by atomic mass is 10.0. The van der Waals surface area contributed by atoms with E-state index in [1.165, 1.54) is 0 Å². The van der Waals surface area contributed by atoms with Crippen LogP contribution in [0.25, 0.3) is 0 Å². The summed E-state index contributed by atoms with van der Waals surface area (Å²) in [5.41, 5.74) is 2.99. The number of benzene rings is 3. The van der Waals surface area contributed by atoms with Crippen LogP contribution in [0.3, 0.4) is 0 Å². The third-order valence-corrected chi connectivity index (χ3v) is 6.68. The van der Waals surface area contributed by atoms with E-state index in [0.717, 1.165) is 23.1 Å². The van der Waals surface area contributed by atoms with Crippen molar-refractivity contribution in [3.63, 3.8) is 0 Å². The van der Waals surface area contributed by atoms with Crippen molar-refractivity contribution in [2.45, 2.75) is 50.3 Å². The quantitative estimate of drug-likeness (QED) is 0.397. The van der Waals surface area contributed by atoms with E-state index in [1.54, 1.807) is 7.11 Å². The van der Waals surface area contributed by atoms with Gasteiger partial charge in [-0.2, -0.15) is 0 Å². The molecule has 34 heavy (non-hydrogen) atoms. The summed E-state index contributed by atoms with van der Waals surface area (Å²) in [6.07, 6.45) is -0.137. The standard InChI is InChI=1S/C29H32O5/c1-30-28-27(33-20-24-15-9-4-10-16-24)26(32-19-23-13-7-3-8-14-23)25-17-29(25,34-28)21-31-18-22-11-5-2-6-12-22/h2-16,25-28H,17-21H2,1H3/t25-,26+,27-,28+,29+/m1/s1. The van der Waals surface area contributed by atoms with E-state index < -0.39 is 11.9 Å². The third-order valence-electron chi connectivity index (χ3n) is 6.68. The minimum absolute atomic E-state index is 0.150. The summed E-state index contributed by atoms with van der Waals surface area (Å²) in [5, 5.41) is 0. The van der Waals surface area contributed by atoms with Crippen LogP contribution >= 0.6 is 0 Å². The van der Waals surface area contributed by atoms with Crippen molar-refractivity contribution in [1.82, 2.24) is 0 Å². The Morgan fingerprint density at radius 1 is 0.706 bits per heavy atom. The summed E-state index contributed by atoms with van der Waals surface area (Å²) >= 11 is 0. The lowest BCUT2D eigenvalue weighted by Crippen LogP contribution is -2.53. The molecule has 5 atom stereocenters. The van der Waals surface area contributed by atoms with E-state index in [0.29, 0.717) is 26.4 Å². The Bertz CT molecular complexity index is 1010. The van der Waals surface area contributed by atoms with Crippen molar-refractivity contribution in [2.75, 3.05) is 13.7 Å². The van der Waals surface area contributed by atoms with E-state index in [2.05, 4.69) is 36.4 Å². The second-order valence-corrected chi connectivity index (χ2v) is 9.10. The Kier molecular flexibility index (Phi) is 7.38. The monoisotopic (exact) mass is 460 g/mol. The number of ether oxygens (including phenoxy) is 5. The summed E-state index contributed by atoms with van der Waals surface area (Å²) in [6.45, 7) is 2.05. The zero-order chi connectivity index (χ0) is 23.2. The zero-order valence-electron chi connectivity index (χ0n) is 19.5. The van der Waals surface area contributed by atoms with E-state index in [-0.39, 0.29) is 18.1 Å². The van der Waals surface area contributed by atoms with E-state index in [1.807, 2.05) is 54.6 Å². The maximum absolute atomic E-state index is 6.51. The first kappa shape index (κ1) is 23.2. The summed E-state index contributed by atoms with van der Waals surface area (Å²) in [5.74, 6) is 0.194. The van der Waals surface area contributed by atoms with Crippen molar-refractivity contribution in [3.05, 3.63) is 108 Å². The Balaban J connectivity index is 1.28. The highest BCUT2D eigenvalue weighted by Gasteiger charge is 2.67. The first-order valence-corrected chi connectivity index (χ1v) is 11.9. The Morgan fingerprint density at radius 3 is 1.74 bits per heavy atom. The van der Waals surface area contributed by atoms with Gasteiger partial charge in [0, 0.05) is 13.0 Å². The van der Waals surface area contributed by atoms with Crippen LogP contribution in [0.15, 0.2) is 91.0 Å². The first-order chi connectivity index (χ1) is 16.8. The van der Waals surface area contributed by atoms with Crippen molar-refractivity contribution >= 4 is 0 Å². The molecule has 178 valence electrons. The predicted octanol–water partition coefficient (Wildman–Crippen LogP) is 5.14. The second-order valence-electron chi connectivity index (χ2n) is 9.10. The van der Waals surface area contributed by atoms with E-state index in [9.17, 15) is 0 Å². The highest BCUT2D eigenvalue weighted by molar-refractivity contribution is 5.18. The van der Waals surface area contributed by atoms with Gasteiger partial charge in [-0.1, -0.05) is 91.0 Å². The minimum Gasteiger partial charge on any atom is -0.374 e. The molecule has 5 heteroatoms.